The first kappa shape index (κ1) is 20.3. The second-order valence-corrected chi connectivity index (χ2v) is 7.35. The molecule has 0 aliphatic heterocycles. The van der Waals surface area contributed by atoms with Crippen molar-refractivity contribution in [2.75, 3.05) is 5.32 Å². The van der Waals surface area contributed by atoms with E-state index in [0.717, 1.165) is 16.8 Å². The highest BCUT2D eigenvalue weighted by Crippen LogP contribution is 2.14. The van der Waals surface area contributed by atoms with E-state index in [2.05, 4.69) is 15.5 Å². The molecule has 0 aliphatic carbocycles. The highest BCUT2D eigenvalue weighted by atomic mass is 16.1. The van der Waals surface area contributed by atoms with E-state index >= 15 is 0 Å². The minimum Gasteiger partial charge on any atom is -0.326 e. The number of amides is 1. The van der Waals surface area contributed by atoms with Gasteiger partial charge in [0.25, 0.3) is 0 Å². The molecule has 0 atom stereocenters. The largest absolute Gasteiger partial charge is 0.326 e. The van der Waals surface area contributed by atoms with E-state index in [9.17, 15) is 9.59 Å². The van der Waals surface area contributed by atoms with Gasteiger partial charge in [0.05, 0.1) is 12.4 Å². The van der Waals surface area contributed by atoms with Crippen LogP contribution < -0.4 is 10.7 Å². The van der Waals surface area contributed by atoms with Gasteiger partial charge in [0.1, 0.15) is 11.4 Å². The van der Waals surface area contributed by atoms with Gasteiger partial charge >= 0.3 is 0 Å². The van der Waals surface area contributed by atoms with E-state index in [1.54, 1.807) is 21.8 Å². The van der Waals surface area contributed by atoms with E-state index in [1.807, 2.05) is 67.8 Å². The molecule has 0 radical (unpaired) electrons. The normalized spacial score (nSPS) is 10.7. The number of carbonyl (C=O) groups excluding carboxylic acids is 1. The van der Waals surface area contributed by atoms with Crippen molar-refractivity contribution in [1.82, 2.24) is 19.6 Å². The topological polar surface area (TPSA) is 81.8 Å². The molecule has 7 nitrogen and oxygen atoms in total. The predicted octanol–water partition coefficient (Wildman–Crippen LogP) is 3.13. The van der Waals surface area contributed by atoms with Crippen LogP contribution in [0.15, 0.2) is 84.0 Å². The first-order chi connectivity index (χ1) is 15.1. The number of benzene rings is 2. The molecule has 2 heterocycles. The summed E-state index contributed by atoms with van der Waals surface area (Å²) in [5, 5.41) is 11.5. The maximum atomic E-state index is 12.3. The van der Waals surface area contributed by atoms with E-state index in [1.165, 1.54) is 6.07 Å². The van der Waals surface area contributed by atoms with Gasteiger partial charge in [-0.1, -0.05) is 42.5 Å². The number of aromatic nitrogens is 4. The van der Waals surface area contributed by atoms with E-state index in [-0.39, 0.29) is 11.3 Å². The highest BCUT2D eigenvalue weighted by molar-refractivity contribution is 5.90. The van der Waals surface area contributed by atoms with Gasteiger partial charge in [-0.3, -0.25) is 14.3 Å². The minimum absolute atomic E-state index is 0.0437. The lowest BCUT2D eigenvalue weighted by Gasteiger charge is -2.09. The van der Waals surface area contributed by atoms with Crippen LogP contribution in [-0.4, -0.2) is 25.5 Å². The number of carbonyl (C=O) groups is 1. The maximum absolute atomic E-state index is 12.3. The van der Waals surface area contributed by atoms with Crippen LogP contribution in [0.25, 0.3) is 5.69 Å². The molecule has 4 aromatic rings. The first-order valence-corrected chi connectivity index (χ1v) is 10.1. The van der Waals surface area contributed by atoms with Crippen molar-refractivity contribution in [3.8, 4) is 5.69 Å². The number of hydrogen-bond acceptors (Lipinski definition) is 4. The van der Waals surface area contributed by atoms with Gasteiger partial charge < -0.3 is 5.32 Å². The van der Waals surface area contributed by atoms with E-state index in [4.69, 9.17) is 0 Å². The Morgan fingerprint density at radius 3 is 2.61 bits per heavy atom. The molecular formula is C24H23N5O2. The van der Waals surface area contributed by atoms with Gasteiger partial charge in [-0.05, 0) is 29.7 Å². The molecule has 0 spiro atoms. The summed E-state index contributed by atoms with van der Waals surface area (Å²) < 4.78 is 3.32. The lowest BCUT2D eigenvalue weighted by atomic mass is 10.1. The van der Waals surface area contributed by atoms with Crippen molar-refractivity contribution in [3.05, 3.63) is 106 Å². The molecule has 4 rings (SSSR count). The van der Waals surface area contributed by atoms with Crippen LogP contribution in [0.3, 0.4) is 0 Å². The van der Waals surface area contributed by atoms with Crippen molar-refractivity contribution in [2.45, 2.75) is 19.3 Å². The van der Waals surface area contributed by atoms with Gasteiger partial charge in [-0.2, -0.15) is 10.2 Å². The molecule has 2 aromatic heterocycles. The van der Waals surface area contributed by atoms with Crippen molar-refractivity contribution >= 4 is 11.6 Å². The number of anilines is 1. The third-order valence-electron chi connectivity index (χ3n) is 4.90. The Hall–Kier alpha value is -4.00. The second-order valence-electron chi connectivity index (χ2n) is 7.35. The van der Waals surface area contributed by atoms with E-state index in [0.29, 0.717) is 30.6 Å². The van der Waals surface area contributed by atoms with Crippen molar-refractivity contribution in [3.63, 3.8) is 0 Å². The average Bonchev–Trinajstić information content (AvgIpc) is 3.21. The number of hydrogen-bond donors (Lipinski definition) is 1. The summed E-state index contributed by atoms with van der Waals surface area (Å²) in [5.41, 5.74) is 3.82. The Balaban J connectivity index is 1.44. The zero-order valence-electron chi connectivity index (χ0n) is 17.2. The Morgan fingerprint density at radius 2 is 1.84 bits per heavy atom. The first-order valence-electron chi connectivity index (χ1n) is 10.1. The predicted molar refractivity (Wildman–Crippen MR) is 119 cm³/mol. The van der Waals surface area contributed by atoms with Crippen LogP contribution in [0.5, 0.6) is 0 Å². The van der Waals surface area contributed by atoms with Gasteiger partial charge in [-0.25, -0.2) is 4.68 Å². The van der Waals surface area contributed by atoms with Gasteiger partial charge in [0, 0.05) is 37.8 Å². The van der Waals surface area contributed by atoms with Gasteiger partial charge in [0.15, 0.2) is 0 Å². The third-order valence-corrected chi connectivity index (χ3v) is 4.90. The molecule has 0 saturated heterocycles. The van der Waals surface area contributed by atoms with Crippen LogP contribution in [0.1, 0.15) is 23.2 Å². The van der Waals surface area contributed by atoms with E-state index < -0.39 is 0 Å². The minimum atomic E-state index is -0.127. The molecule has 7 heteroatoms. The zero-order valence-corrected chi connectivity index (χ0v) is 17.2. The van der Waals surface area contributed by atoms with Crippen LogP contribution in [0.2, 0.25) is 0 Å². The van der Waals surface area contributed by atoms with Crippen LogP contribution in [0.4, 0.5) is 5.69 Å². The molecule has 2 aromatic carbocycles. The molecule has 0 aliphatic rings. The average molecular weight is 413 g/mol. The molecule has 0 unspecified atom stereocenters. The third kappa shape index (κ3) is 5.33. The smallest absolute Gasteiger partial charge is 0.224 e. The molecule has 156 valence electrons. The Morgan fingerprint density at radius 1 is 1.03 bits per heavy atom. The lowest BCUT2D eigenvalue weighted by molar-refractivity contribution is -0.116. The molecule has 0 saturated carbocycles. The van der Waals surface area contributed by atoms with Crippen molar-refractivity contribution < 1.29 is 4.79 Å². The summed E-state index contributed by atoms with van der Waals surface area (Å²) in [6, 6.07) is 18.9. The van der Waals surface area contributed by atoms with Crippen LogP contribution >= 0.6 is 0 Å². The number of nitrogens with zero attached hydrogens (tertiary/aromatic N) is 4. The summed E-state index contributed by atoms with van der Waals surface area (Å²) in [5.74, 6) is -0.0437. The molecule has 31 heavy (non-hydrogen) atoms. The standard InChI is InChI=1S/C24H23N5O2/c1-28-17-21(16-25-28)29-13-12-23(30)22(27-29)15-19-8-5-9-20(14-19)26-24(31)11-10-18-6-3-2-4-7-18/h2-9,12-14,16-17H,10-11,15H2,1H3,(H,26,31). The van der Waals surface area contributed by atoms with Gasteiger partial charge in [0.2, 0.25) is 11.3 Å². The summed E-state index contributed by atoms with van der Waals surface area (Å²) in [4.78, 5) is 24.7. The highest BCUT2D eigenvalue weighted by Gasteiger charge is 2.08. The molecular weight excluding hydrogens is 390 g/mol. The quantitative estimate of drug-likeness (QED) is 0.505. The zero-order chi connectivity index (χ0) is 21.6. The monoisotopic (exact) mass is 413 g/mol. The molecule has 1 amide bonds. The SMILES string of the molecule is Cn1cc(-n2ccc(=O)c(Cc3cccc(NC(=O)CCc4ccccc4)c3)n2)cn1. The summed E-state index contributed by atoms with van der Waals surface area (Å²) in [6.45, 7) is 0. The van der Waals surface area contributed by atoms with Crippen LogP contribution in [-0.2, 0) is 24.7 Å². The second kappa shape index (κ2) is 9.21. The Labute approximate surface area is 180 Å². The van der Waals surface area contributed by atoms with Crippen molar-refractivity contribution in [2.24, 2.45) is 7.05 Å². The Kier molecular flexibility index (Phi) is 6.03. The number of aryl methyl sites for hydroxylation is 2. The van der Waals surface area contributed by atoms with Crippen molar-refractivity contribution in [1.29, 1.82) is 0 Å². The fourth-order valence-corrected chi connectivity index (χ4v) is 3.32. The molecule has 0 fully saturated rings. The summed E-state index contributed by atoms with van der Waals surface area (Å²) in [7, 11) is 1.83. The fourth-order valence-electron chi connectivity index (χ4n) is 3.32. The molecule has 0 bridgehead atoms. The number of nitrogens with one attached hydrogen (secondary N) is 1. The maximum Gasteiger partial charge on any atom is 0.224 e. The molecule has 1 N–H and O–H groups in total. The summed E-state index contributed by atoms with van der Waals surface area (Å²) in [6.07, 6.45) is 6.61. The van der Waals surface area contributed by atoms with Gasteiger partial charge in [-0.15, -0.1) is 0 Å². The lowest BCUT2D eigenvalue weighted by Crippen LogP contribution is -2.16. The Bertz CT molecular complexity index is 1240. The van der Waals surface area contributed by atoms with Crippen LogP contribution in [0, 0.1) is 0 Å². The number of rotatable bonds is 7. The summed E-state index contributed by atoms with van der Waals surface area (Å²) >= 11 is 0. The fraction of sp³-hybridized carbons (Fsp3) is 0.167.